The second-order valence-corrected chi connectivity index (χ2v) is 5.52. The molecule has 1 aliphatic carbocycles. The number of nitrogens with two attached hydrogens (primary N) is 1. The van der Waals surface area contributed by atoms with Crippen LogP contribution in [-0.2, 0) is 4.79 Å². The van der Waals surface area contributed by atoms with Crippen molar-refractivity contribution in [2.24, 2.45) is 11.7 Å². The maximum absolute atomic E-state index is 11.7. The Morgan fingerprint density at radius 1 is 1.44 bits per heavy atom. The van der Waals surface area contributed by atoms with E-state index in [-0.39, 0.29) is 18.0 Å². The summed E-state index contributed by atoms with van der Waals surface area (Å²) in [7, 11) is 0. The molecule has 5 nitrogen and oxygen atoms in total. The van der Waals surface area contributed by atoms with Crippen LogP contribution in [0.1, 0.15) is 24.8 Å². The number of amides is 3. The molecule has 1 aromatic heterocycles. The van der Waals surface area contributed by atoms with Gasteiger partial charge in [-0.15, -0.1) is 11.3 Å². The van der Waals surface area contributed by atoms with Crippen LogP contribution >= 0.6 is 11.3 Å². The van der Waals surface area contributed by atoms with Crippen molar-refractivity contribution in [2.75, 3.05) is 5.32 Å². The highest BCUT2D eigenvalue weighted by Crippen LogP contribution is 2.30. The zero-order valence-electron chi connectivity index (χ0n) is 10.2. The normalized spacial score (nSPS) is 22.1. The van der Waals surface area contributed by atoms with Crippen LogP contribution in [0.3, 0.4) is 0 Å². The van der Waals surface area contributed by atoms with Crippen molar-refractivity contribution in [1.29, 1.82) is 0 Å². The fourth-order valence-corrected chi connectivity index (χ4v) is 2.92. The van der Waals surface area contributed by atoms with Crippen molar-refractivity contribution in [3.63, 3.8) is 0 Å². The average Bonchev–Trinajstić information content (AvgIpc) is 2.60. The minimum atomic E-state index is -0.267. The van der Waals surface area contributed by atoms with Crippen LogP contribution in [0.5, 0.6) is 0 Å². The Morgan fingerprint density at radius 3 is 2.72 bits per heavy atom. The highest BCUT2D eigenvalue weighted by atomic mass is 32.1. The standard InChI is InChI=1S/C12H17N3O2S/c1-7-5-18-6-10(7)15-12(17)14-9-2-8(3-9)4-11(13)16/h5-6,8-9H,2-4H2,1H3,(H2,13,16)(H2,14,15,17). The van der Waals surface area contributed by atoms with Gasteiger partial charge in [0.25, 0.3) is 0 Å². The van der Waals surface area contributed by atoms with E-state index < -0.39 is 0 Å². The van der Waals surface area contributed by atoms with E-state index in [4.69, 9.17) is 5.73 Å². The lowest BCUT2D eigenvalue weighted by Crippen LogP contribution is -2.46. The van der Waals surface area contributed by atoms with E-state index >= 15 is 0 Å². The molecular formula is C12H17N3O2S. The van der Waals surface area contributed by atoms with Crippen molar-refractivity contribution in [3.05, 3.63) is 16.3 Å². The lowest BCUT2D eigenvalue weighted by molar-refractivity contribution is -0.119. The summed E-state index contributed by atoms with van der Waals surface area (Å²) in [4.78, 5) is 22.4. The third-order valence-corrected chi connectivity index (χ3v) is 4.03. The molecule has 6 heteroatoms. The molecule has 98 valence electrons. The van der Waals surface area contributed by atoms with Gasteiger partial charge >= 0.3 is 6.03 Å². The molecule has 0 aromatic carbocycles. The number of carbonyl (C=O) groups excluding carboxylic acids is 2. The molecule has 1 aromatic rings. The molecule has 0 radical (unpaired) electrons. The zero-order chi connectivity index (χ0) is 13.1. The van der Waals surface area contributed by atoms with Gasteiger partial charge in [-0.05, 0) is 36.6 Å². The summed E-state index contributed by atoms with van der Waals surface area (Å²) < 4.78 is 0. The topological polar surface area (TPSA) is 84.2 Å². The van der Waals surface area contributed by atoms with Crippen molar-refractivity contribution in [2.45, 2.75) is 32.2 Å². The molecule has 1 aliphatic rings. The maximum Gasteiger partial charge on any atom is 0.319 e. The van der Waals surface area contributed by atoms with Gasteiger partial charge in [0.1, 0.15) is 0 Å². The Bertz CT molecular complexity index is 452. The molecular weight excluding hydrogens is 250 g/mol. The SMILES string of the molecule is Cc1cscc1NC(=O)NC1CC(CC(N)=O)C1. The Labute approximate surface area is 110 Å². The van der Waals surface area contributed by atoms with E-state index in [9.17, 15) is 9.59 Å². The van der Waals surface area contributed by atoms with Gasteiger partial charge in [0.15, 0.2) is 0 Å². The second kappa shape index (κ2) is 5.39. The third-order valence-electron chi connectivity index (χ3n) is 3.16. The van der Waals surface area contributed by atoms with Crippen molar-refractivity contribution in [3.8, 4) is 0 Å². The molecule has 0 saturated heterocycles. The summed E-state index contributed by atoms with van der Waals surface area (Å²) >= 11 is 1.56. The lowest BCUT2D eigenvalue weighted by Gasteiger charge is -2.35. The van der Waals surface area contributed by atoms with E-state index in [1.807, 2.05) is 17.7 Å². The van der Waals surface area contributed by atoms with Crippen LogP contribution in [0, 0.1) is 12.8 Å². The van der Waals surface area contributed by atoms with Crippen molar-refractivity contribution in [1.82, 2.24) is 5.32 Å². The predicted octanol–water partition coefficient (Wildman–Crippen LogP) is 1.83. The van der Waals surface area contributed by atoms with Crippen molar-refractivity contribution < 1.29 is 9.59 Å². The molecule has 0 aliphatic heterocycles. The van der Waals surface area contributed by atoms with Crippen LogP contribution in [0.2, 0.25) is 0 Å². The minimum Gasteiger partial charge on any atom is -0.370 e. The zero-order valence-corrected chi connectivity index (χ0v) is 11.0. The van der Waals surface area contributed by atoms with Gasteiger partial charge in [0.05, 0.1) is 5.69 Å². The van der Waals surface area contributed by atoms with Gasteiger partial charge in [-0.25, -0.2) is 4.79 Å². The predicted molar refractivity (Wildman–Crippen MR) is 71.5 cm³/mol. The Kier molecular flexibility index (Phi) is 3.86. The lowest BCUT2D eigenvalue weighted by atomic mass is 9.78. The third kappa shape index (κ3) is 3.22. The summed E-state index contributed by atoms with van der Waals surface area (Å²) in [6.07, 6.45) is 2.08. The van der Waals surface area contributed by atoms with E-state index in [1.54, 1.807) is 11.3 Å². The van der Waals surface area contributed by atoms with Crippen molar-refractivity contribution >= 4 is 29.0 Å². The van der Waals surface area contributed by atoms with Crippen LogP contribution in [0.15, 0.2) is 10.8 Å². The first-order chi connectivity index (χ1) is 8.54. The maximum atomic E-state index is 11.7. The van der Waals surface area contributed by atoms with Gasteiger partial charge < -0.3 is 16.4 Å². The first-order valence-corrected chi connectivity index (χ1v) is 6.87. The largest absolute Gasteiger partial charge is 0.370 e. The summed E-state index contributed by atoms with van der Waals surface area (Å²) in [5.74, 6) is 0.0625. The quantitative estimate of drug-likeness (QED) is 0.777. The Morgan fingerprint density at radius 2 is 2.17 bits per heavy atom. The summed E-state index contributed by atoms with van der Waals surface area (Å²) in [6, 6.07) is -0.0210. The highest BCUT2D eigenvalue weighted by Gasteiger charge is 2.31. The fraction of sp³-hybridized carbons (Fsp3) is 0.500. The number of thiophene rings is 1. The Balaban J connectivity index is 1.71. The molecule has 1 fully saturated rings. The van der Waals surface area contributed by atoms with Gasteiger partial charge in [-0.2, -0.15) is 0 Å². The molecule has 1 heterocycles. The first kappa shape index (κ1) is 12.9. The van der Waals surface area contributed by atoms with Gasteiger partial charge in [0, 0.05) is 17.8 Å². The number of carbonyl (C=O) groups is 2. The van der Waals surface area contributed by atoms with E-state index in [0.29, 0.717) is 12.3 Å². The van der Waals surface area contributed by atoms with Crippen LogP contribution in [-0.4, -0.2) is 18.0 Å². The smallest absolute Gasteiger partial charge is 0.319 e. The summed E-state index contributed by atoms with van der Waals surface area (Å²) in [5.41, 5.74) is 7.04. The number of rotatable bonds is 4. The van der Waals surface area contributed by atoms with Gasteiger partial charge in [-0.3, -0.25) is 4.79 Å². The van der Waals surface area contributed by atoms with Crippen LogP contribution in [0.25, 0.3) is 0 Å². The van der Waals surface area contributed by atoms with Crippen LogP contribution in [0.4, 0.5) is 10.5 Å². The molecule has 0 unspecified atom stereocenters. The second-order valence-electron chi connectivity index (χ2n) is 4.77. The number of aryl methyl sites for hydroxylation is 1. The molecule has 0 bridgehead atoms. The Hall–Kier alpha value is -1.56. The molecule has 0 atom stereocenters. The number of hydrogen-bond acceptors (Lipinski definition) is 3. The number of anilines is 1. The van der Waals surface area contributed by atoms with Crippen LogP contribution < -0.4 is 16.4 Å². The summed E-state index contributed by atoms with van der Waals surface area (Å²) in [5, 5.41) is 9.60. The number of primary amides is 1. The van der Waals surface area contributed by atoms with Gasteiger partial charge in [-0.1, -0.05) is 0 Å². The fourth-order valence-electron chi connectivity index (χ4n) is 2.14. The number of hydrogen-bond donors (Lipinski definition) is 3. The molecule has 18 heavy (non-hydrogen) atoms. The van der Waals surface area contributed by atoms with E-state index in [2.05, 4.69) is 10.6 Å². The molecule has 1 saturated carbocycles. The molecule has 3 amide bonds. The molecule has 4 N–H and O–H groups in total. The number of urea groups is 1. The monoisotopic (exact) mass is 267 g/mol. The molecule has 0 spiro atoms. The molecule has 2 rings (SSSR count). The first-order valence-electron chi connectivity index (χ1n) is 5.93. The minimum absolute atomic E-state index is 0.160. The highest BCUT2D eigenvalue weighted by molar-refractivity contribution is 7.08. The van der Waals surface area contributed by atoms with Gasteiger partial charge in [0.2, 0.25) is 5.91 Å². The summed E-state index contributed by atoms with van der Waals surface area (Å²) in [6.45, 7) is 1.96. The average molecular weight is 267 g/mol. The number of nitrogens with one attached hydrogen (secondary N) is 2. The van der Waals surface area contributed by atoms with E-state index in [0.717, 1.165) is 24.1 Å². The van der Waals surface area contributed by atoms with E-state index in [1.165, 1.54) is 0 Å².